The van der Waals surface area contributed by atoms with Gasteiger partial charge in [0.15, 0.2) is 11.9 Å². The molecule has 1 spiro atoms. The van der Waals surface area contributed by atoms with E-state index in [1.807, 2.05) is 0 Å². The Balaban J connectivity index is 2.13. The second-order valence-corrected chi connectivity index (χ2v) is 4.68. The van der Waals surface area contributed by atoms with Crippen molar-refractivity contribution in [3.8, 4) is 0 Å². The number of aliphatic hydroxyl groups excluding tert-OH is 2. The molecule has 0 aromatic carbocycles. The summed E-state index contributed by atoms with van der Waals surface area (Å²) >= 11 is 0. The highest BCUT2D eigenvalue weighted by atomic mass is 16.8. The SMILES string of the molecule is O=C(O)C1OC2(CCCCC2)OC1C(O)CO. The number of carboxylic acids is 1. The Bertz CT molecular complexity index is 286. The van der Waals surface area contributed by atoms with E-state index in [1.165, 1.54) is 0 Å². The minimum absolute atomic E-state index is 0.534. The van der Waals surface area contributed by atoms with E-state index in [1.54, 1.807) is 0 Å². The lowest BCUT2D eigenvalue weighted by Crippen LogP contribution is -2.41. The van der Waals surface area contributed by atoms with Crippen LogP contribution in [0.5, 0.6) is 0 Å². The molecule has 1 heterocycles. The molecular formula is C11H18O6. The molecule has 98 valence electrons. The third kappa shape index (κ3) is 2.44. The minimum atomic E-state index is -1.22. The van der Waals surface area contributed by atoms with Crippen molar-refractivity contribution in [2.24, 2.45) is 0 Å². The normalized spacial score (nSPS) is 33.8. The highest BCUT2D eigenvalue weighted by Gasteiger charge is 2.53. The van der Waals surface area contributed by atoms with E-state index in [4.69, 9.17) is 19.7 Å². The Hall–Kier alpha value is -0.690. The second-order valence-electron chi connectivity index (χ2n) is 4.68. The average molecular weight is 246 g/mol. The summed E-state index contributed by atoms with van der Waals surface area (Å²) in [6, 6.07) is 0. The molecule has 1 saturated heterocycles. The quantitative estimate of drug-likeness (QED) is 0.642. The molecule has 3 unspecified atom stereocenters. The van der Waals surface area contributed by atoms with E-state index in [0.29, 0.717) is 12.8 Å². The molecule has 17 heavy (non-hydrogen) atoms. The maximum absolute atomic E-state index is 11.1. The Morgan fingerprint density at radius 3 is 2.47 bits per heavy atom. The van der Waals surface area contributed by atoms with Gasteiger partial charge in [0, 0.05) is 12.8 Å². The zero-order valence-electron chi connectivity index (χ0n) is 9.54. The lowest BCUT2D eigenvalue weighted by molar-refractivity contribution is -0.204. The first-order valence-electron chi connectivity index (χ1n) is 5.95. The number of hydrogen-bond acceptors (Lipinski definition) is 5. The van der Waals surface area contributed by atoms with Crippen LogP contribution < -0.4 is 0 Å². The van der Waals surface area contributed by atoms with Gasteiger partial charge in [0.05, 0.1) is 6.61 Å². The topological polar surface area (TPSA) is 96.2 Å². The van der Waals surface area contributed by atoms with Gasteiger partial charge in [-0.3, -0.25) is 0 Å². The fraction of sp³-hybridized carbons (Fsp3) is 0.909. The van der Waals surface area contributed by atoms with Crippen LogP contribution in [0.4, 0.5) is 0 Å². The molecule has 6 nitrogen and oxygen atoms in total. The third-order valence-electron chi connectivity index (χ3n) is 3.42. The van der Waals surface area contributed by atoms with Crippen LogP contribution >= 0.6 is 0 Å². The van der Waals surface area contributed by atoms with Crippen molar-refractivity contribution in [3.05, 3.63) is 0 Å². The summed E-state index contributed by atoms with van der Waals surface area (Å²) in [6.45, 7) is -0.534. The Morgan fingerprint density at radius 2 is 1.94 bits per heavy atom. The van der Waals surface area contributed by atoms with Gasteiger partial charge in [0.1, 0.15) is 12.2 Å². The van der Waals surface area contributed by atoms with E-state index in [0.717, 1.165) is 19.3 Å². The van der Waals surface area contributed by atoms with Crippen LogP contribution in [0.15, 0.2) is 0 Å². The summed E-state index contributed by atoms with van der Waals surface area (Å²) < 4.78 is 11.1. The van der Waals surface area contributed by atoms with Gasteiger partial charge in [-0.15, -0.1) is 0 Å². The van der Waals surface area contributed by atoms with Crippen LogP contribution in [0.1, 0.15) is 32.1 Å². The van der Waals surface area contributed by atoms with Crippen molar-refractivity contribution < 1.29 is 29.6 Å². The summed E-state index contributed by atoms with van der Waals surface area (Å²) in [4.78, 5) is 11.1. The predicted molar refractivity (Wildman–Crippen MR) is 56.3 cm³/mol. The lowest BCUT2D eigenvalue weighted by atomic mass is 9.94. The molecule has 2 rings (SSSR count). The van der Waals surface area contributed by atoms with Crippen molar-refractivity contribution in [2.75, 3.05) is 6.61 Å². The second kappa shape index (κ2) is 4.89. The fourth-order valence-electron chi connectivity index (χ4n) is 2.54. The highest BCUT2D eigenvalue weighted by molar-refractivity contribution is 5.73. The number of rotatable bonds is 3. The number of aliphatic hydroxyl groups is 2. The average Bonchev–Trinajstić information content (AvgIpc) is 2.69. The number of carbonyl (C=O) groups is 1. The van der Waals surface area contributed by atoms with E-state index in [9.17, 15) is 9.90 Å². The summed E-state index contributed by atoms with van der Waals surface area (Å²) in [6.07, 6.45) is 0.807. The van der Waals surface area contributed by atoms with Crippen LogP contribution in [0, 0.1) is 0 Å². The van der Waals surface area contributed by atoms with Gasteiger partial charge in [-0.1, -0.05) is 6.42 Å². The first-order chi connectivity index (χ1) is 8.08. The van der Waals surface area contributed by atoms with Crippen LogP contribution in [0.25, 0.3) is 0 Å². The largest absolute Gasteiger partial charge is 0.479 e. The van der Waals surface area contributed by atoms with Crippen LogP contribution in [0.2, 0.25) is 0 Å². The van der Waals surface area contributed by atoms with Gasteiger partial charge in [-0.05, 0) is 12.8 Å². The Morgan fingerprint density at radius 1 is 1.29 bits per heavy atom. The standard InChI is InChI=1S/C11H18O6/c12-6-7(13)8-9(10(14)15)17-11(16-8)4-2-1-3-5-11/h7-9,12-13H,1-6H2,(H,14,15). The lowest BCUT2D eigenvalue weighted by Gasteiger charge is -2.32. The molecule has 0 aromatic heterocycles. The Kier molecular flexibility index (Phi) is 3.67. The Labute approximate surface area is 99.1 Å². The van der Waals surface area contributed by atoms with Gasteiger partial charge in [-0.25, -0.2) is 4.79 Å². The van der Waals surface area contributed by atoms with E-state index < -0.39 is 36.7 Å². The smallest absolute Gasteiger partial charge is 0.335 e. The van der Waals surface area contributed by atoms with E-state index in [2.05, 4.69) is 0 Å². The predicted octanol–water partition coefficient (Wildman–Crippen LogP) is -0.131. The van der Waals surface area contributed by atoms with Crippen molar-refractivity contribution in [3.63, 3.8) is 0 Å². The van der Waals surface area contributed by atoms with Crippen LogP contribution in [-0.2, 0) is 14.3 Å². The van der Waals surface area contributed by atoms with E-state index in [-0.39, 0.29) is 0 Å². The van der Waals surface area contributed by atoms with Crippen molar-refractivity contribution in [1.82, 2.24) is 0 Å². The molecule has 3 atom stereocenters. The molecule has 0 bridgehead atoms. The van der Waals surface area contributed by atoms with Crippen LogP contribution in [-0.4, -0.2) is 52.0 Å². The molecule has 2 aliphatic rings. The molecule has 0 radical (unpaired) electrons. The number of hydrogen-bond donors (Lipinski definition) is 3. The molecule has 1 aliphatic heterocycles. The number of carboxylic acid groups (broad SMARTS) is 1. The summed E-state index contributed by atoms with van der Waals surface area (Å²) in [5, 5.41) is 27.5. The maximum Gasteiger partial charge on any atom is 0.335 e. The molecule has 1 saturated carbocycles. The first-order valence-corrected chi connectivity index (χ1v) is 5.95. The third-order valence-corrected chi connectivity index (χ3v) is 3.42. The van der Waals surface area contributed by atoms with E-state index >= 15 is 0 Å². The van der Waals surface area contributed by atoms with Crippen molar-refractivity contribution in [1.29, 1.82) is 0 Å². The molecule has 1 aliphatic carbocycles. The van der Waals surface area contributed by atoms with Gasteiger partial charge in [-0.2, -0.15) is 0 Å². The molecule has 0 amide bonds. The number of aliphatic carboxylic acids is 1. The molecule has 3 N–H and O–H groups in total. The molecule has 0 aromatic rings. The molecule has 6 heteroatoms. The van der Waals surface area contributed by atoms with Crippen molar-refractivity contribution >= 4 is 5.97 Å². The monoisotopic (exact) mass is 246 g/mol. The van der Waals surface area contributed by atoms with Crippen molar-refractivity contribution in [2.45, 2.75) is 56.2 Å². The zero-order valence-corrected chi connectivity index (χ0v) is 9.54. The highest BCUT2D eigenvalue weighted by Crippen LogP contribution is 2.41. The summed E-state index contributed by atoms with van der Waals surface area (Å²) in [7, 11) is 0. The zero-order chi connectivity index (χ0) is 12.5. The minimum Gasteiger partial charge on any atom is -0.479 e. The molecular weight excluding hydrogens is 228 g/mol. The summed E-state index contributed by atoms with van der Waals surface area (Å²) in [5.41, 5.74) is 0. The van der Waals surface area contributed by atoms with Gasteiger partial charge < -0.3 is 24.8 Å². The van der Waals surface area contributed by atoms with Crippen LogP contribution in [0.3, 0.4) is 0 Å². The number of ether oxygens (including phenoxy) is 2. The first kappa shape index (κ1) is 12.8. The fourth-order valence-corrected chi connectivity index (χ4v) is 2.54. The molecule has 2 fully saturated rings. The maximum atomic E-state index is 11.1. The summed E-state index contributed by atoms with van der Waals surface area (Å²) in [5.74, 6) is -2.03. The van der Waals surface area contributed by atoms with Gasteiger partial charge in [0.25, 0.3) is 0 Å². The van der Waals surface area contributed by atoms with Gasteiger partial charge in [0.2, 0.25) is 0 Å². The van der Waals surface area contributed by atoms with Gasteiger partial charge >= 0.3 is 5.97 Å².